The van der Waals surface area contributed by atoms with Gasteiger partial charge in [0.1, 0.15) is 6.33 Å². The first-order chi connectivity index (χ1) is 12.5. The Bertz CT molecular complexity index is 1010. The van der Waals surface area contributed by atoms with E-state index in [0.717, 1.165) is 40.6 Å². The van der Waals surface area contributed by atoms with Crippen molar-refractivity contribution in [3.63, 3.8) is 0 Å². The van der Waals surface area contributed by atoms with E-state index >= 15 is 0 Å². The number of rotatable bonds is 2. The van der Waals surface area contributed by atoms with Crippen molar-refractivity contribution in [2.45, 2.75) is 26.3 Å². The summed E-state index contributed by atoms with van der Waals surface area (Å²) in [5.41, 5.74) is 5.05. The molecule has 0 bridgehead atoms. The lowest BCUT2D eigenvalue weighted by Crippen LogP contribution is -2.35. The molecule has 1 amide bonds. The van der Waals surface area contributed by atoms with E-state index in [2.05, 4.69) is 14.5 Å². The summed E-state index contributed by atoms with van der Waals surface area (Å²) < 4.78 is 2.11. The number of halogens is 2. The summed E-state index contributed by atoms with van der Waals surface area (Å²) in [4.78, 5) is 22.4. The predicted octanol–water partition coefficient (Wildman–Crippen LogP) is 4.24. The molecule has 26 heavy (non-hydrogen) atoms. The van der Waals surface area contributed by atoms with Gasteiger partial charge < -0.3 is 9.47 Å². The highest BCUT2D eigenvalue weighted by atomic mass is 35.5. The first-order valence-corrected chi connectivity index (χ1v) is 9.29. The van der Waals surface area contributed by atoms with E-state index in [-0.39, 0.29) is 5.91 Å². The minimum atomic E-state index is 0.164. The SMILES string of the molecule is CCC(=O)N1CCc2c(c3c(-c4cncnc4)cc(Cl)c(Cl)c3n2C)C1. The van der Waals surface area contributed by atoms with Gasteiger partial charge in [0.2, 0.25) is 5.91 Å². The van der Waals surface area contributed by atoms with Crippen molar-refractivity contribution >= 4 is 40.0 Å². The molecule has 4 rings (SSSR count). The van der Waals surface area contributed by atoms with Crippen molar-refractivity contribution in [1.29, 1.82) is 0 Å². The van der Waals surface area contributed by atoms with Crippen LogP contribution in [0.5, 0.6) is 0 Å². The van der Waals surface area contributed by atoms with Crippen LogP contribution in [-0.2, 0) is 24.8 Å². The monoisotopic (exact) mass is 388 g/mol. The number of hydrogen-bond donors (Lipinski definition) is 0. The van der Waals surface area contributed by atoms with Crippen LogP contribution < -0.4 is 0 Å². The lowest BCUT2D eigenvalue weighted by molar-refractivity contribution is -0.131. The lowest BCUT2D eigenvalue weighted by atomic mass is 9.97. The average molecular weight is 389 g/mol. The van der Waals surface area contributed by atoms with Gasteiger partial charge in [0.05, 0.1) is 15.6 Å². The summed E-state index contributed by atoms with van der Waals surface area (Å²) in [6, 6.07) is 1.87. The van der Waals surface area contributed by atoms with Crippen LogP contribution in [0.15, 0.2) is 24.8 Å². The van der Waals surface area contributed by atoms with Gasteiger partial charge in [-0.1, -0.05) is 30.1 Å². The highest BCUT2D eigenvalue weighted by molar-refractivity contribution is 6.45. The molecule has 0 radical (unpaired) electrons. The zero-order valence-electron chi connectivity index (χ0n) is 14.6. The van der Waals surface area contributed by atoms with E-state index < -0.39 is 0 Å². The highest BCUT2D eigenvalue weighted by Gasteiger charge is 2.28. The van der Waals surface area contributed by atoms with E-state index in [4.69, 9.17) is 23.2 Å². The predicted molar refractivity (Wildman–Crippen MR) is 103 cm³/mol. The second kappa shape index (κ2) is 6.56. The van der Waals surface area contributed by atoms with Crippen molar-refractivity contribution in [3.05, 3.63) is 46.1 Å². The molecule has 0 aliphatic carbocycles. The topological polar surface area (TPSA) is 51.0 Å². The molecule has 7 heteroatoms. The first kappa shape index (κ1) is 17.3. The van der Waals surface area contributed by atoms with Crippen LogP contribution in [0.2, 0.25) is 10.0 Å². The van der Waals surface area contributed by atoms with E-state index in [1.807, 2.05) is 24.9 Å². The van der Waals surface area contributed by atoms with Crippen LogP contribution in [0.3, 0.4) is 0 Å². The van der Waals surface area contributed by atoms with Gasteiger partial charge in [-0.3, -0.25) is 4.79 Å². The van der Waals surface area contributed by atoms with Crippen LogP contribution in [0.1, 0.15) is 24.6 Å². The van der Waals surface area contributed by atoms with E-state index in [0.29, 0.717) is 23.0 Å². The van der Waals surface area contributed by atoms with Crippen LogP contribution in [0.25, 0.3) is 22.0 Å². The van der Waals surface area contributed by atoms with Gasteiger partial charge >= 0.3 is 0 Å². The molecule has 0 saturated carbocycles. The fourth-order valence-electron chi connectivity index (χ4n) is 3.82. The molecule has 134 valence electrons. The first-order valence-electron chi connectivity index (χ1n) is 8.54. The normalized spacial score (nSPS) is 13.9. The molecule has 0 fully saturated rings. The van der Waals surface area contributed by atoms with Crippen LogP contribution in [-0.4, -0.2) is 31.9 Å². The number of fused-ring (bicyclic) bond motifs is 3. The molecule has 0 atom stereocenters. The fourth-order valence-corrected chi connectivity index (χ4v) is 4.29. The number of hydrogen-bond acceptors (Lipinski definition) is 3. The largest absolute Gasteiger partial charge is 0.346 e. The molecule has 1 aliphatic rings. The molecule has 3 aromatic rings. The number of carbonyl (C=O) groups is 1. The van der Waals surface area contributed by atoms with Crippen LogP contribution >= 0.6 is 23.2 Å². The zero-order valence-corrected chi connectivity index (χ0v) is 16.1. The Kier molecular flexibility index (Phi) is 4.37. The molecular weight excluding hydrogens is 371 g/mol. The van der Waals surface area contributed by atoms with Gasteiger partial charge in [-0.05, 0) is 11.6 Å². The number of benzene rings is 1. The summed E-state index contributed by atoms with van der Waals surface area (Å²) in [5.74, 6) is 0.164. The Morgan fingerprint density at radius 3 is 2.69 bits per heavy atom. The zero-order chi connectivity index (χ0) is 18.4. The van der Waals surface area contributed by atoms with E-state index in [9.17, 15) is 4.79 Å². The molecule has 1 aromatic carbocycles. The Labute approximate surface area is 161 Å². The molecule has 0 unspecified atom stereocenters. The quantitative estimate of drug-likeness (QED) is 0.659. The maximum atomic E-state index is 12.2. The second-order valence-corrected chi connectivity index (χ2v) is 7.26. The number of aryl methyl sites for hydroxylation is 1. The van der Waals surface area contributed by atoms with Crippen LogP contribution in [0.4, 0.5) is 0 Å². The number of nitrogens with zero attached hydrogens (tertiary/aromatic N) is 4. The summed E-state index contributed by atoms with van der Waals surface area (Å²) >= 11 is 13.0. The van der Waals surface area contributed by atoms with E-state index in [1.165, 1.54) is 12.0 Å². The van der Waals surface area contributed by atoms with Crippen LogP contribution in [0, 0.1) is 0 Å². The smallest absolute Gasteiger partial charge is 0.222 e. The third kappa shape index (κ3) is 2.58. The Hall–Kier alpha value is -2.11. The summed E-state index contributed by atoms with van der Waals surface area (Å²) in [6.07, 6.45) is 6.34. The van der Waals surface area contributed by atoms with Crippen molar-refractivity contribution in [1.82, 2.24) is 19.4 Å². The highest BCUT2D eigenvalue weighted by Crippen LogP contribution is 2.43. The third-order valence-corrected chi connectivity index (χ3v) is 5.86. The average Bonchev–Trinajstić information content (AvgIpc) is 2.97. The summed E-state index contributed by atoms with van der Waals surface area (Å²) in [5, 5.41) is 2.06. The van der Waals surface area contributed by atoms with Gasteiger partial charge in [0.25, 0.3) is 0 Å². The molecule has 1 aliphatic heterocycles. The molecular formula is C19H18Cl2N4O. The summed E-state index contributed by atoms with van der Waals surface area (Å²) in [7, 11) is 2.01. The summed E-state index contributed by atoms with van der Waals surface area (Å²) in [6.45, 7) is 3.20. The molecule has 3 heterocycles. The molecule has 0 saturated heterocycles. The second-order valence-electron chi connectivity index (χ2n) is 6.47. The van der Waals surface area contributed by atoms with E-state index in [1.54, 1.807) is 12.4 Å². The molecule has 0 spiro atoms. The Morgan fingerprint density at radius 1 is 1.27 bits per heavy atom. The van der Waals surface area contributed by atoms with Crippen molar-refractivity contribution < 1.29 is 4.79 Å². The fraction of sp³-hybridized carbons (Fsp3) is 0.316. The molecule has 0 N–H and O–H groups in total. The molecule has 5 nitrogen and oxygen atoms in total. The van der Waals surface area contributed by atoms with Gasteiger partial charge in [0.15, 0.2) is 0 Å². The van der Waals surface area contributed by atoms with Gasteiger partial charge in [-0.15, -0.1) is 0 Å². The lowest BCUT2D eigenvalue weighted by Gasteiger charge is -2.28. The molecule has 2 aromatic heterocycles. The van der Waals surface area contributed by atoms with Gasteiger partial charge in [0, 0.05) is 67.6 Å². The van der Waals surface area contributed by atoms with Crippen molar-refractivity contribution in [2.75, 3.05) is 6.54 Å². The van der Waals surface area contributed by atoms with Crippen molar-refractivity contribution in [2.24, 2.45) is 7.05 Å². The number of amides is 1. The maximum absolute atomic E-state index is 12.2. The van der Waals surface area contributed by atoms with Gasteiger partial charge in [-0.2, -0.15) is 0 Å². The minimum absolute atomic E-state index is 0.164. The third-order valence-electron chi connectivity index (χ3n) is 5.08. The van der Waals surface area contributed by atoms with Gasteiger partial charge in [-0.25, -0.2) is 9.97 Å². The van der Waals surface area contributed by atoms with Crippen molar-refractivity contribution in [3.8, 4) is 11.1 Å². The maximum Gasteiger partial charge on any atom is 0.222 e. The number of carbonyl (C=O) groups excluding carboxylic acids is 1. The standard InChI is InChI=1S/C19H18Cl2N4O/c1-3-16(26)25-5-4-15-13(9-25)17-12(11-7-22-10-23-8-11)6-14(20)18(21)19(17)24(15)2/h6-8,10H,3-5,9H2,1-2H3. The Morgan fingerprint density at radius 2 is 2.00 bits per heavy atom. The number of aromatic nitrogens is 3. The minimum Gasteiger partial charge on any atom is -0.346 e. The Balaban J connectivity index is 2.02.